The molecule has 0 bridgehead atoms. The number of carbonyl (C=O) groups excluding carboxylic acids is 2. The molecule has 1 heterocycles. The Morgan fingerprint density at radius 2 is 1.64 bits per heavy atom. The van der Waals surface area contributed by atoms with Crippen molar-refractivity contribution in [3.63, 3.8) is 0 Å². The molecule has 2 aromatic carbocycles. The van der Waals surface area contributed by atoms with E-state index in [1.807, 2.05) is 70.2 Å². The SMILES string of the molecule is CCN1C(=O)C(Nc2ccc(OC(C)C)cc2)=C(c2ccc(C)c(C)c2)C1=O. The van der Waals surface area contributed by atoms with Gasteiger partial charge in [0.05, 0.1) is 11.7 Å². The van der Waals surface area contributed by atoms with Crippen LogP contribution in [0.2, 0.25) is 0 Å². The molecule has 5 nitrogen and oxygen atoms in total. The van der Waals surface area contributed by atoms with Gasteiger partial charge in [-0.15, -0.1) is 0 Å². The average Bonchev–Trinajstić information content (AvgIpc) is 2.88. The standard InChI is InChI=1S/C23H26N2O3/c1-6-25-22(26)20(17-8-7-15(4)16(5)13-17)21(23(25)27)24-18-9-11-19(12-10-18)28-14(2)3/h7-14,24H,6H2,1-5H3. The molecule has 3 rings (SSSR count). The highest BCUT2D eigenvalue weighted by atomic mass is 16.5. The molecule has 0 radical (unpaired) electrons. The number of rotatable bonds is 6. The zero-order chi connectivity index (χ0) is 20.4. The van der Waals surface area contributed by atoms with Gasteiger partial charge in [0.2, 0.25) is 0 Å². The van der Waals surface area contributed by atoms with E-state index in [4.69, 9.17) is 4.74 Å². The van der Waals surface area contributed by atoms with Gasteiger partial charge in [-0.25, -0.2) is 0 Å². The second kappa shape index (κ2) is 7.89. The normalized spacial score (nSPS) is 14.3. The van der Waals surface area contributed by atoms with E-state index in [-0.39, 0.29) is 17.9 Å². The van der Waals surface area contributed by atoms with Crippen molar-refractivity contribution in [1.82, 2.24) is 4.90 Å². The number of ether oxygens (including phenoxy) is 1. The Morgan fingerprint density at radius 1 is 0.964 bits per heavy atom. The third kappa shape index (κ3) is 3.79. The summed E-state index contributed by atoms with van der Waals surface area (Å²) in [6, 6.07) is 13.2. The molecule has 2 amide bonds. The Bertz CT molecular complexity index is 943. The third-order valence-electron chi connectivity index (χ3n) is 4.78. The molecule has 0 aromatic heterocycles. The Labute approximate surface area is 166 Å². The molecule has 0 atom stereocenters. The highest BCUT2D eigenvalue weighted by Crippen LogP contribution is 2.31. The number of nitrogens with zero attached hydrogens (tertiary/aromatic N) is 1. The first kappa shape index (κ1) is 19.7. The first-order valence-electron chi connectivity index (χ1n) is 9.53. The zero-order valence-corrected chi connectivity index (χ0v) is 17.0. The number of imide groups is 1. The van der Waals surface area contributed by atoms with Crippen LogP contribution in [-0.2, 0) is 9.59 Å². The number of anilines is 1. The lowest BCUT2D eigenvalue weighted by atomic mass is 9.99. The van der Waals surface area contributed by atoms with Gasteiger partial charge in [0.15, 0.2) is 0 Å². The summed E-state index contributed by atoms with van der Waals surface area (Å²) in [4.78, 5) is 27.0. The van der Waals surface area contributed by atoms with E-state index in [9.17, 15) is 9.59 Å². The minimum absolute atomic E-state index is 0.0880. The van der Waals surface area contributed by atoms with Gasteiger partial charge in [0.1, 0.15) is 11.4 Å². The maximum Gasteiger partial charge on any atom is 0.278 e. The van der Waals surface area contributed by atoms with Crippen molar-refractivity contribution in [1.29, 1.82) is 0 Å². The molecule has 5 heteroatoms. The fourth-order valence-electron chi connectivity index (χ4n) is 3.18. The van der Waals surface area contributed by atoms with Crippen LogP contribution in [0.4, 0.5) is 5.69 Å². The van der Waals surface area contributed by atoms with Crippen LogP contribution in [0.1, 0.15) is 37.5 Å². The fraction of sp³-hybridized carbons (Fsp3) is 0.304. The predicted octanol–water partition coefficient (Wildman–Crippen LogP) is 4.30. The first-order chi connectivity index (χ1) is 13.3. The Kier molecular flexibility index (Phi) is 5.54. The number of nitrogens with one attached hydrogen (secondary N) is 1. The van der Waals surface area contributed by atoms with Crippen LogP contribution in [0, 0.1) is 13.8 Å². The van der Waals surface area contributed by atoms with Crippen molar-refractivity contribution in [3.8, 4) is 5.75 Å². The van der Waals surface area contributed by atoms with Gasteiger partial charge in [-0.3, -0.25) is 14.5 Å². The van der Waals surface area contributed by atoms with Crippen molar-refractivity contribution in [2.24, 2.45) is 0 Å². The summed E-state index contributed by atoms with van der Waals surface area (Å²) in [6.45, 7) is 10.1. The lowest BCUT2D eigenvalue weighted by Gasteiger charge is -2.13. The summed E-state index contributed by atoms with van der Waals surface area (Å²) in [7, 11) is 0. The number of hydrogen-bond acceptors (Lipinski definition) is 4. The lowest BCUT2D eigenvalue weighted by molar-refractivity contribution is -0.136. The highest BCUT2D eigenvalue weighted by Gasteiger charge is 2.38. The van der Waals surface area contributed by atoms with Gasteiger partial charge >= 0.3 is 0 Å². The summed E-state index contributed by atoms with van der Waals surface area (Å²) in [5, 5.41) is 3.16. The van der Waals surface area contributed by atoms with Crippen molar-refractivity contribution < 1.29 is 14.3 Å². The zero-order valence-electron chi connectivity index (χ0n) is 17.0. The largest absolute Gasteiger partial charge is 0.491 e. The van der Waals surface area contributed by atoms with Crippen LogP contribution >= 0.6 is 0 Å². The summed E-state index contributed by atoms with van der Waals surface area (Å²) < 4.78 is 5.66. The van der Waals surface area contributed by atoms with Gasteiger partial charge < -0.3 is 10.1 Å². The number of carbonyl (C=O) groups is 2. The minimum atomic E-state index is -0.303. The minimum Gasteiger partial charge on any atom is -0.491 e. The molecule has 1 aliphatic rings. The number of likely N-dealkylation sites (N-methyl/N-ethyl adjacent to an activating group) is 1. The second-order valence-corrected chi connectivity index (χ2v) is 7.22. The van der Waals surface area contributed by atoms with Gasteiger partial charge in [0.25, 0.3) is 11.8 Å². The topological polar surface area (TPSA) is 58.6 Å². The Hall–Kier alpha value is -3.08. The molecule has 0 fully saturated rings. The molecule has 0 aliphatic carbocycles. The summed E-state index contributed by atoms with van der Waals surface area (Å²) in [5.41, 5.74) is 4.43. The smallest absolute Gasteiger partial charge is 0.278 e. The van der Waals surface area contributed by atoms with Crippen LogP contribution in [0.15, 0.2) is 48.2 Å². The summed E-state index contributed by atoms with van der Waals surface area (Å²) >= 11 is 0. The lowest BCUT2D eigenvalue weighted by Crippen LogP contribution is -2.32. The molecule has 0 unspecified atom stereocenters. The quantitative estimate of drug-likeness (QED) is 0.762. The van der Waals surface area contributed by atoms with Crippen LogP contribution < -0.4 is 10.1 Å². The van der Waals surface area contributed by atoms with E-state index in [1.165, 1.54) is 4.90 Å². The molecular weight excluding hydrogens is 352 g/mol. The van der Waals surface area contributed by atoms with Crippen LogP contribution in [-0.4, -0.2) is 29.4 Å². The van der Waals surface area contributed by atoms with E-state index in [0.717, 1.165) is 28.1 Å². The monoisotopic (exact) mass is 378 g/mol. The van der Waals surface area contributed by atoms with Crippen LogP contribution in [0.3, 0.4) is 0 Å². The number of benzene rings is 2. The molecule has 28 heavy (non-hydrogen) atoms. The Morgan fingerprint density at radius 3 is 2.21 bits per heavy atom. The van der Waals surface area contributed by atoms with Gasteiger partial charge in [0, 0.05) is 12.2 Å². The van der Waals surface area contributed by atoms with Crippen LogP contribution in [0.5, 0.6) is 5.75 Å². The Balaban J connectivity index is 1.99. The number of aryl methyl sites for hydroxylation is 2. The number of amides is 2. The van der Waals surface area contributed by atoms with E-state index < -0.39 is 0 Å². The maximum atomic E-state index is 12.9. The van der Waals surface area contributed by atoms with Gasteiger partial charge in [-0.2, -0.15) is 0 Å². The number of hydrogen-bond donors (Lipinski definition) is 1. The highest BCUT2D eigenvalue weighted by molar-refractivity contribution is 6.36. The van der Waals surface area contributed by atoms with E-state index in [0.29, 0.717) is 17.8 Å². The average molecular weight is 378 g/mol. The maximum absolute atomic E-state index is 12.9. The third-order valence-corrected chi connectivity index (χ3v) is 4.78. The molecule has 0 spiro atoms. The molecular formula is C23H26N2O3. The van der Waals surface area contributed by atoms with E-state index >= 15 is 0 Å². The fourth-order valence-corrected chi connectivity index (χ4v) is 3.18. The van der Waals surface area contributed by atoms with Crippen molar-refractivity contribution in [2.75, 3.05) is 11.9 Å². The molecule has 1 N–H and O–H groups in total. The van der Waals surface area contributed by atoms with E-state index in [2.05, 4.69) is 5.32 Å². The molecule has 146 valence electrons. The molecule has 0 saturated heterocycles. The molecule has 1 aliphatic heterocycles. The van der Waals surface area contributed by atoms with Crippen molar-refractivity contribution in [2.45, 2.75) is 40.7 Å². The molecule has 0 saturated carbocycles. The van der Waals surface area contributed by atoms with E-state index in [1.54, 1.807) is 6.92 Å². The molecule has 2 aromatic rings. The first-order valence-corrected chi connectivity index (χ1v) is 9.53. The van der Waals surface area contributed by atoms with Gasteiger partial charge in [-0.1, -0.05) is 18.2 Å². The van der Waals surface area contributed by atoms with Crippen molar-refractivity contribution >= 4 is 23.1 Å². The van der Waals surface area contributed by atoms with Crippen molar-refractivity contribution in [3.05, 3.63) is 64.9 Å². The summed E-state index contributed by atoms with van der Waals surface area (Å²) in [5.74, 6) is 0.189. The van der Waals surface area contributed by atoms with Gasteiger partial charge in [-0.05, 0) is 75.6 Å². The summed E-state index contributed by atoms with van der Waals surface area (Å²) in [6.07, 6.45) is 0.0880. The second-order valence-electron chi connectivity index (χ2n) is 7.22. The predicted molar refractivity (Wildman–Crippen MR) is 111 cm³/mol. The van der Waals surface area contributed by atoms with Crippen LogP contribution in [0.25, 0.3) is 5.57 Å².